The first-order valence-electron chi connectivity index (χ1n) is 9.21. The molecule has 2 N–H and O–H groups in total. The van der Waals surface area contributed by atoms with Crippen molar-refractivity contribution in [1.82, 2.24) is 9.55 Å². The first-order valence-corrected chi connectivity index (χ1v) is 11.1. The number of ketones is 2. The maximum Gasteiger partial charge on any atom is 0.216 e. The maximum absolute atomic E-state index is 13.4. The second-order valence-electron chi connectivity index (χ2n) is 7.06. The number of hydrogen-bond donors (Lipinski definition) is 2. The van der Waals surface area contributed by atoms with Gasteiger partial charge in [-0.1, -0.05) is 58.0 Å². The molecule has 0 atom stereocenters. The van der Waals surface area contributed by atoms with Gasteiger partial charge in [-0.15, -0.1) is 0 Å². The molecule has 33 heavy (non-hydrogen) atoms. The fourth-order valence-electron chi connectivity index (χ4n) is 3.59. The number of aromatic hydroxyl groups is 1. The van der Waals surface area contributed by atoms with Crippen LogP contribution in [0.4, 0.5) is 0 Å². The maximum atomic E-state index is 13.4. The number of aromatic nitrogens is 2. The van der Waals surface area contributed by atoms with Crippen LogP contribution in [-0.4, -0.2) is 26.2 Å². The predicted octanol–water partition coefficient (Wildman–Crippen LogP) is 7.35. The lowest BCUT2D eigenvalue weighted by atomic mass is 10.0. The Balaban J connectivity index is 1.83. The normalized spacial score (nSPS) is 12.3. The number of ether oxygens (including phenoxy) is 1. The molecule has 1 aliphatic rings. The quantitative estimate of drug-likeness (QED) is 0.229. The Bertz CT molecular complexity index is 1510. The summed E-state index contributed by atoms with van der Waals surface area (Å²) < 4.78 is 7.33. The third-order valence-electron chi connectivity index (χ3n) is 5.07. The van der Waals surface area contributed by atoms with Crippen molar-refractivity contribution in [1.29, 1.82) is 0 Å². The lowest BCUT2D eigenvalue weighted by Crippen LogP contribution is -2.14. The van der Waals surface area contributed by atoms with Gasteiger partial charge < -0.3 is 14.8 Å². The van der Waals surface area contributed by atoms with Crippen LogP contribution in [0, 0.1) is 0 Å². The Morgan fingerprint density at radius 3 is 2.42 bits per heavy atom. The fraction of sp³-hybridized carbons (Fsp3) is 0. The van der Waals surface area contributed by atoms with Crippen LogP contribution in [0.5, 0.6) is 17.2 Å². The van der Waals surface area contributed by atoms with E-state index >= 15 is 0 Å². The largest absolute Gasteiger partial charge is 0.507 e. The molecule has 2 aromatic carbocycles. The van der Waals surface area contributed by atoms with Crippen LogP contribution in [0.2, 0.25) is 25.4 Å². The predicted molar refractivity (Wildman–Crippen MR) is 127 cm³/mol. The van der Waals surface area contributed by atoms with Gasteiger partial charge in [0.05, 0.1) is 21.8 Å². The van der Waals surface area contributed by atoms with Gasteiger partial charge in [0, 0.05) is 10.0 Å². The smallest absolute Gasteiger partial charge is 0.216 e. The molecule has 0 fully saturated rings. The van der Waals surface area contributed by atoms with E-state index in [1.54, 1.807) is 0 Å². The van der Waals surface area contributed by atoms with Gasteiger partial charge in [-0.25, -0.2) is 0 Å². The van der Waals surface area contributed by atoms with Gasteiger partial charge >= 0.3 is 0 Å². The Morgan fingerprint density at radius 1 is 0.970 bits per heavy atom. The van der Waals surface area contributed by atoms with Crippen LogP contribution in [0.25, 0.3) is 5.69 Å². The van der Waals surface area contributed by atoms with E-state index in [1.807, 2.05) is 0 Å². The van der Waals surface area contributed by atoms with Crippen molar-refractivity contribution in [2.75, 3.05) is 0 Å². The van der Waals surface area contributed by atoms with Crippen molar-refractivity contribution in [2.24, 2.45) is 0 Å². The minimum absolute atomic E-state index is 0.0131. The van der Waals surface area contributed by atoms with Crippen LogP contribution >= 0.6 is 58.0 Å². The summed E-state index contributed by atoms with van der Waals surface area (Å²) in [5, 5.41) is 10.8. The zero-order valence-electron chi connectivity index (χ0n) is 16.1. The van der Waals surface area contributed by atoms with Gasteiger partial charge in [-0.3, -0.25) is 14.2 Å². The zero-order valence-corrected chi connectivity index (χ0v) is 19.8. The molecule has 166 valence electrons. The van der Waals surface area contributed by atoms with Gasteiger partial charge in [0.1, 0.15) is 33.2 Å². The van der Waals surface area contributed by atoms with Crippen molar-refractivity contribution in [3.05, 3.63) is 90.4 Å². The number of benzene rings is 2. The summed E-state index contributed by atoms with van der Waals surface area (Å²) in [6.45, 7) is 0. The minimum Gasteiger partial charge on any atom is -0.507 e. The van der Waals surface area contributed by atoms with Gasteiger partial charge in [-0.2, -0.15) is 0 Å². The number of hydrogen-bond acceptors (Lipinski definition) is 4. The molecule has 0 spiro atoms. The number of carbonyl (C=O) groups is 2. The molecule has 5 rings (SSSR count). The summed E-state index contributed by atoms with van der Waals surface area (Å²) in [4.78, 5) is 29.5. The number of H-pyrrole nitrogens is 1. The molecular formula is C22H9Cl5N2O4. The average Bonchev–Trinajstić information content (AvgIpc) is 3.24. The SMILES string of the molecule is O=C(c1cc(Cl)ccc1O)c1[nH]c(Cl)c2c1Oc1ccc(Cl)cc1C(=O)c1cc(Cl)c(Cl)n1-2. The van der Waals surface area contributed by atoms with Crippen molar-refractivity contribution in [2.45, 2.75) is 0 Å². The topological polar surface area (TPSA) is 84.3 Å². The van der Waals surface area contributed by atoms with Crippen molar-refractivity contribution in [3.63, 3.8) is 0 Å². The van der Waals surface area contributed by atoms with Crippen molar-refractivity contribution >= 4 is 69.6 Å². The number of nitrogens with one attached hydrogen (secondary N) is 1. The van der Waals surface area contributed by atoms with E-state index in [0.29, 0.717) is 5.02 Å². The lowest BCUT2D eigenvalue weighted by Gasteiger charge is -2.19. The molecule has 0 amide bonds. The summed E-state index contributed by atoms with van der Waals surface area (Å²) in [5.41, 5.74) is 0.125. The third-order valence-corrected chi connectivity index (χ3v) is 6.57. The number of phenols is 1. The first-order chi connectivity index (χ1) is 15.7. The average molecular weight is 543 g/mol. The van der Waals surface area contributed by atoms with E-state index in [-0.39, 0.29) is 65.8 Å². The number of halogens is 5. The monoisotopic (exact) mass is 540 g/mol. The van der Waals surface area contributed by atoms with Crippen molar-refractivity contribution < 1.29 is 19.4 Å². The minimum atomic E-state index is -0.656. The molecule has 0 unspecified atom stereocenters. The van der Waals surface area contributed by atoms with E-state index in [1.165, 1.54) is 47.0 Å². The molecule has 2 aromatic heterocycles. The molecule has 1 aliphatic heterocycles. The first kappa shape index (κ1) is 22.2. The summed E-state index contributed by atoms with van der Waals surface area (Å²) in [6, 6.07) is 9.89. The van der Waals surface area contributed by atoms with Crippen LogP contribution < -0.4 is 4.74 Å². The van der Waals surface area contributed by atoms with Gasteiger partial charge in [-0.05, 0) is 42.5 Å². The fourth-order valence-corrected chi connectivity index (χ4v) is 4.61. The van der Waals surface area contributed by atoms with E-state index in [4.69, 9.17) is 62.7 Å². The molecule has 0 saturated heterocycles. The standard InChI is InChI=1S/C22H9Cl5N2O4/c23-8-1-3-14(30)10(5-8)19(32)16-20-17(21(26)28-16)29-13(7-12(25)22(29)27)18(31)11-6-9(24)2-4-15(11)33-20/h1-7,28,30H. The Kier molecular flexibility index (Phi) is 5.39. The highest BCUT2D eigenvalue weighted by atomic mass is 35.5. The van der Waals surface area contributed by atoms with Gasteiger partial charge in [0.25, 0.3) is 0 Å². The summed E-state index contributed by atoms with van der Waals surface area (Å²) in [5.74, 6) is -1.32. The van der Waals surface area contributed by atoms with Crippen LogP contribution in [0.1, 0.15) is 32.1 Å². The van der Waals surface area contributed by atoms with E-state index in [2.05, 4.69) is 4.98 Å². The number of rotatable bonds is 2. The number of nitrogens with zero attached hydrogens (tertiary/aromatic N) is 1. The van der Waals surface area contributed by atoms with Crippen molar-refractivity contribution in [3.8, 4) is 22.9 Å². The number of phenolic OH excluding ortho intramolecular Hbond substituents is 1. The molecule has 0 bridgehead atoms. The number of aromatic amines is 1. The van der Waals surface area contributed by atoms with Crippen LogP contribution in [0.3, 0.4) is 0 Å². The molecule has 3 heterocycles. The summed E-state index contributed by atoms with van der Waals surface area (Å²) in [7, 11) is 0. The lowest BCUT2D eigenvalue weighted by molar-refractivity contribution is 0.102. The van der Waals surface area contributed by atoms with Gasteiger partial charge in [0.2, 0.25) is 11.6 Å². The second kappa shape index (κ2) is 8.01. The summed E-state index contributed by atoms with van der Waals surface area (Å²) >= 11 is 31.2. The molecule has 0 radical (unpaired) electrons. The second-order valence-corrected chi connectivity index (χ2v) is 9.07. The molecule has 4 aromatic rings. The third kappa shape index (κ3) is 3.50. The van der Waals surface area contributed by atoms with Gasteiger partial charge in [0.15, 0.2) is 5.75 Å². The summed E-state index contributed by atoms with van der Waals surface area (Å²) in [6.07, 6.45) is 0. The van der Waals surface area contributed by atoms with Crippen LogP contribution in [0.15, 0.2) is 42.5 Å². The molecule has 0 aliphatic carbocycles. The highest BCUT2D eigenvalue weighted by Crippen LogP contribution is 2.46. The highest BCUT2D eigenvalue weighted by molar-refractivity contribution is 6.42. The number of fused-ring (bicyclic) bond motifs is 4. The van der Waals surface area contributed by atoms with E-state index in [9.17, 15) is 14.7 Å². The molecule has 11 heteroatoms. The van der Waals surface area contributed by atoms with Crippen LogP contribution in [-0.2, 0) is 0 Å². The zero-order chi connectivity index (χ0) is 23.6. The van der Waals surface area contributed by atoms with E-state index < -0.39 is 11.6 Å². The Morgan fingerprint density at radius 2 is 1.67 bits per heavy atom. The van der Waals surface area contributed by atoms with E-state index in [0.717, 1.165) is 0 Å². The molecular weight excluding hydrogens is 534 g/mol. The molecule has 6 nitrogen and oxygen atoms in total. The molecule has 0 saturated carbocycles. The highest BCUT2D eigenvalue weighted by Gasteiger charge is 2.34. The Hall–Kier alpha value is -2.61. The number of carbonyl (C=O) groups excluding carboxylic acids is 2. The Labute approximate surface area is 211 Å².